The average molecular weight is 467 g/mol. The molecule has 0 bridgehead atoms. The lowest BCUT2D eigenvalue weighted by Crippen LogP contribution is -2.40. The van der Waals surface area contributed by atoms with Gasteiger partial charge >= 0.3 is 5.97 Å². The van der Waals surface area contributed by atoms with Gasteiger partial charge in [-0.3, -0.25) is 9.59 Å². The molecule has 0 aliphatic carbocycles. The first kappa shape index (κ1) is 25.8. The van der Waals surface area contributed by atoms with Crippen LogP contribution in [-0.4, -0.2) is 42.8 Å². The fraction of sp³-hybridized carbons (Fsp3) is 0.500. The first-order chi connectivity index (χ1) is 16.4. The van der Waals surface area contributed by atoms with Crippen molar-refractivity contribution in [3.63, 3.8) is 0 Å². The van der Waals surface area contributed by atoms with Crippen molar-refractivity contribution in [2.45, 2.75) is 71.3 Å². The summed E-state index contributed by atoms with van der Waals surface area (Å²) >= 11 is 0. The quantitative estimate of drug-likeness (QED) is 0.455. The first-order valence-corrected chi connectivity index (χ1v) is 12.5. The number of amides is 1. The number of nitrogens with zero attached hydrogens (tertiary/aromatic N) is 1. The molecule has 34 heavy (non-hydrogen) atoms. The minimum Gasteiger partial charge on any atom is -0.481 e. The van der Waals surface area contributed by atoms with E-state index in [-0.39, 0.29) is 18.2 Å². The highest BCUT2D eigenvalue weighted by Gasteiger charge is 2.25. The summed E-state index contributed by atoms with van der Waals surface area (Å²) < 4.78 is 5.58. The molecule has 1 atom stereocenters. The fourth-order valence-electron chi connectivity index (χ4n) is 4.69. The van der Waals surface area contributed by atoms with E-state index in [2.05, 4.69) is 23.2 Å². The van der Waals surface area contributed by atoms with Crippen LogP contribution in [0.25, 0.3) is 0 Å². The summed E-state index contributed by atoms with van der Waals surface area (Å²) in [6.07, 6.45) is 3.99. The van der Waals surface area contributed by atoms with Crippen molar-refractivity contribution >= 4 is 23.3 Å². The number of carbonyl (C=O) groups is 2. The summed E-state index contributed by atoms with van der Waals surface area (Å²) in [5, 5.41) is 12.5. The third-order valence-corrected chi connectivity index (χ3v) is 6.57. The van der Waals surface area contributed by atoms with Crippen molar-refractivity contribution in [1.29, 1.82) is 0 Å². The highest BCUT2D eigenvalue weighted by atomic mass is 16.5. The lowest BCUT2D eigenvalue weighted by atomic mass is 9.92. The van der Waals surface area contributed by atoms with E-state index in [4.69, 9.17) is 4.74 Å². The summed E-state index contributed by atoms with van der Waals surface area (Å²) in [7, 11) is 0. The Bertz CT molecular complexity index is 951. The van der Waals surface area contributed by atoms with Gasteiger partial charge in [-0.15, -0.1) is 0 Å². The second kappa shape index (κ2) is 12.6. The number of anilines is 2. The van der Waals surface area contributed by atoms with Gasteiger partial charge in [-0.2, -0.15) is 0 Å². The monoisotopic (exact) mass is 466 g/mol. The SMILES string of the molecule is CCCN(c1ccc(C(CC)CC(=O)O)cc1NC(=O)Cc1ccc(C)cc1)C1CCOCC1. The molecule has 1 aliphatic rings. The number of hydrogen-bond acceptors (Lipinski definition) is 4. The maximum atomic E-state index is 13.1. The van der Waals surface area contributed by atoms with Crippen LogP contribution in [0.5, 0.6) is 0 Å². The lowest BCUT2D eigenvalue weighted by Gasteiger charge is -2.37. The molecular weight excluding hydrogens is 428 g/mol. The molecule has 1 fully saturated rings. The van der Waals surface area contributed by atoms with E-state index in [1.807, 2.05) is 50.2 Å². The second-order valence-corrected chi connectivity index (χ2v) is 9.23. The van der Waals surface area contributed by atoms with Crippen molar-refractivity contribution in [3.05, 3.63) is 59.2 Å². The molecule has 0 radical (unpaired) electrons. The molecule has 1 amide bonds. The van der Waals surface area contributed by atoms with Gasteiger partial charge in [-0.05, 0) is 61.8 Å². The van der Waals surface area contributed by atoms with E-state index in [0.717, 1.165) is 73.5 Å². The van der Waals surface area contributed by atoms with Gasteiger partial charge in [0.05, 0.1) is 24.2 Å². The van der Waals surface area contributed by atoms with Crippen LogP contribution < -0.4 is 10.2 Å². The number of hydrogen-bond donors (Lipinski definition) is 2. The minimum atomic E-state index is -0.810. The second-order valence-electron chi connectivity index (χ2n) is 9.23. The van der Waals surface area contributed by atoms with E-state index >= 15 is 0 Å². The van der Waals surface area contributed by atoms with E-state index in [9.17, 15) is 14.7 Å². The van der Waals surface area contributed by atoms with E-state index < -0.39 is 5.97 Å². The van der Waals surface area contributed by atoms with Gasteiger partial charge < -0.3 is 20.1 Å². The Balaban J connectivity index is 1.93. The maximum Gasteiger partial charge on any atom is 0.303 e. The highest BCUT2D eigenvalue weighted by molar-refractivity contribution is 5.96. The van der Waals surface area contributed by atoms with Gasteiger partial charge in [-0.1, -0.05) is 49.7 Å². The van der Waals surface area contributed by atoms with Gasteiger partial charge in [0.1, 0.15) is 0 Å². The molecular formula is C28H38N2O4. The Morgan fingerprint density at radius 1 is 1.12 bits per heavy atom. The normalized spacial score (nSPS) is 15.0. The van der Waals surface area contributed by atoms with Crippen LogP contribution in [0.4, 0.5) is 11.4 Å². The van der Waals surface area contributed by atoms with Crippen molar-refractivity contribution in [2.24, 2.45) is 0 Å². The van der Waals surface area contributed by atoms with Crippen LogP contribution in [0.3, 0.4) is 0 Å². The summed E-state index contributed by atoms with van der Waals surface area (Å²) in [5.41, 5.74) is 4.84. The Kier molecular flexibility index (Phi) is 9.52. The largest absolute Gasteiger partial charge is 0.481 e. The zero-order valence-corrected chi connectivity index (χ0v) is 20.7. The molecule has 2 aromatic rings. The molecule has 0 spiro atoms. The zero-order chi connectivity index (χ0) is 24.5. The number of aliphatic carboxylic acids is 1. The van der Waals surface area contributed by atoms with E-state index in [1.165, 1.54) is 0 Å². The molecule has 1 unspecified atom stereocenters. The van der Waals surface area contributed by atoms with Crippen LogP contribution in [-0.2, 0) is 20.7 Å². The number of rotatable bonds is 11. The molecule has 1 saturated heterocycles. The van der Waals surface area contributed by atoms with E-state index in [0.29, 0.717) is 12.5 Å². The van der Waals surface area contributed by atoms with Crippen LogP contribution in [0, 0.1) is 6.92 Å². The number of nitrogens with one attached hydrogen (secondary N) is 1. The standard InChI is InChI=1S/C28H38N2O4/c1-4-14-30(24-12-15-34-16-13-24)26-11-10-23(22(5-2)19-28(32)33)18-25(26)29-27(31)17-21-8-6-20(3)7-9-21/h6-11,18,22,24H,4-5,12-17,19H2,1-3H3,(H,29,31)(H,32,33). The van der Waals surface area contributed by atoms with Crippen molar-refractivity contribution in [1.82, 2.24) is 0 Å². The lowest BCUT2D eigenvalue weighted by molar-refractivity contribution is -0.137. The molecule has 6 nitrogen and oxygen atoms in total. The molecule has 1 heterocycles. The Morgan fingerprint density at radius 3 is 2.44 bits per heavy atom. The highest BCUT2D eigenvalue weighted by Crippen LogP contribution is 2.35. The van der Waals surface area contributed by atoms with Gasteiger partial charge in [-0.25, -0.2) is 0 Å². The van der Waals surface area contributed by atoms with Gasteiger partial charge in [0.25, 0.3) is 0 Å². The number of carbonyl (C=O) groups excluding carboxylic acids is 1. The molecule has 0 saturated carbocycles. The third kappa shape index (κ3) is 7.07. The summed E-state index contributed by atoms with van der Waals surface area (Å²) in [5.74, 6) is -0.977. The molecule has 2 N–H and O–H groups in total. The van der Waals surface area contributed by atoms with Gasteiger partial charge in [0.15, 0.2) is 0 Å². The Hall–Kier alpha value is -2.86. The predicted octanol–water partition coefficient (Wildman–Crippen LogP) is 5.54. The fourth-order valence-corrected chi connectivity index (χ4v) is 4.69. The van der Waals surface area contributed by atoms with Gasteiger partial charge in [0.2, 0.25) is 5.91 Å². The molecule has 6 heteroatoms. The molecule has 184 valence electrons. The molecule has 3 rings (SSSR count). The minimum absolute atomic E-state index is 0.0723. The van der Waals surface area contributed by atoms with Gasteiger partial charge in [0, 0.05) is 25.8 Å². The van der Waals surface area contributed by atoms with E-state index in [1.54, 1.807) is 0 Å². The topological polar surface area (TPSA) is 78.9 Å². The van der Waals surface area contributed by atoms with Crippen LogP contribution in [0.1, 0.15) is 68.6 Å². The van der Waals surface area contributed by atoms with Crippen molar-refractivity contribution in [2.75, 3.05) is 30.0 Å². The molecule has 1 aliphatic heterocycles. The first-order valence-electron chi connectivity index (χ1n) is 12.5. The molecule has 2 aromatic carbocycles. The summed E-state index contributed by atoms with van der Waals surface area (Å²) in [4.78, 5) is 26.9. The van der Waals surface area contributed by atoms with Crippen molar-refractivity contribution < 1.29 is 19.4 Å². The van der Waals surface area contributed by atoms with Crippen molar-refractivity contribution in [3.8, 4) is 0 Å². The number of aryl methyl sites for hydroxylation is 1. The Labute approximate surface area is 203 Å². The van der Waals surface area contributed by atoms with Crippen LogP contribution >= 0.6 is 0 Å². The number of carboxylic acid groups (broad SMARTS) is 1. The van der Waals surface area contributed by atoms with Crippen LogP contribution in [0.2, 0.25) is 0 Å². The number of ether oxygens (including phenoxy) is 1. The predicted molar refractivity (Wildman–Crippen MR) is 137 cm³/mol. The van der Waals surface area contributed by atoms with Crippen LogP contribution in [0.15, 0.2) is 42.5 Å². The zero-order valence-electron chi connectivity index (χ0n) is 20.7. The number of carboxylic acids is 1. The maximum absolute atomic E-state index is 13.1. The average Bonchev–Trinajstić information content (AvgIpc) is 2.83. The summed E-state index contributed by atoms with van der Waals surface area (Å²) in [6, 6.07) is 14.4. The smallest absolute Gasteiger partial charge is 0.303 e. The third-order valence-electron chi connectivity index (χ3n) is 6.57. The molecule has 0 aromatic heterocycles. The Morgan fingerprint density at radius 2 is 1.82 bits per heavy atom. The number of benzene rings is 2. The summed E-state index contributed by atoms with van der Waals surface area (Å²) in [6.45, 7) is 8.57.